The van der Waals surface area contributed by atoms with E-state index in [9.17, 15) is 4.79 Å². The standard InChI is InChI=1S/C19H16O3/c1-19(12-21-18(19)20)22-11-17-15-8-4-2-6-13(15)10-14-7-3-5-9-16(14)17/h2-10H,11-12H2,1H3. The van der Waals surface area contributed by atoms with Gasteiger partial charge in [-0.3, -0.25) is 0 Å². The zero-order valence-corrected chi connectivity index (χ0v) is 12.3. The molecule has 3 nitrogen and oxygen atoms in total. The van der Waals surface area contributed by atoms with Crippen molar-refractivity contribution in [1.82, 2.24) is 0 Å². The summed E-state index contributed by atoms with van der Waals surface area (Å²) in [4.78, 5) is 11.6. The number of rotatable bonds is 3. The van der Waals surface area contributed by atoms with Crippen molar-refractivity contribution >= 4 is 27.5 Å². The maximum absolute atomic E-state index is 11.6. The Morgan fingerprint density at radius 1 is 1.05 bits per heavy atom. The van der Waals surface area contributed by atoms with Crippen molar-refractivity contribution in [2.45, 2.75) is 19.1 Å². The van der Waals surface area contributed by atoms with Crippen LogP contribution < -0.4 is 0 Å². The largest absolute Gasteiger partial charge is 0.460 e. The molecule has 1 fully saturated rings. The second-order valence-corrected chi connectivity index (χ2v) is 5.89. The molecule has 22 heavy (non-hydrogen) atoms. The zero-order chi connectivity index (χ0) is 15.2. The highest BCUT2D eigenvalue weighted by Crippen LogP contribution is 2.31. The van der Waals surface area contributed by atoms with Crippen LogP contribution in [0.25, 0.3) is 21.5 Å². The molecule has 0 amide bonds. The van der Waals surface area contributed by atoms with Gasteiger partial charge in [0.25, 0.3) is 0 Å². The van der Waals surface area contributed by atoms with E-state index in [1.54, 1.807) is 6.92 Å². The van der Waals surface area contributed by atoms with Crippen molar-refractivity contribution in [1.29, 1.82) is 0 Å². The van der Waals surface area contributed by atoms with Crippen LogP contribution in [0.15, 0.2) is 54.6 Å². The van der Waals surface area contributed by atoms with Crippen molar-refractivity contribution in [2.24, 2.45) is 0 Å². The fourth-order valence-electron chi connectivity index (χ4n) is 2.93. The number of hydrogen-bond acceptors (Lipinski definition) is 3. The maximum Gasteiger partial charge on any atom is 0.341 e. The van der Waals surface area contributed by atoms with Crippen molar-refractivity contribution in [3.8, 4) is 0 Å². The van der Waals surface area contributed by atoms with Crippen LogP contribution in [0.5, 0.6) is 0 Å². The highest BCUT2D eigenvalue weighted by Gasteiger charge is 2.46. The Bertz CT molecular complexity index is 830. The van der Waals surface area contributed by atoms with Crippen LogP contribution in [0.2, 0.25) is 0 Å². The Labute approximate surface area is 128 Å². The van der Waals surface area contributed by atoms with Gasteiger partial charge < -0.3 is 9.47 Å². The van der Waals surface area contributed by atoms with E-state index in [4.69, 9.17) is 9.47 Å². The topological polar surface area (TPSA) is 35.5 Å². The summed E-state index contributed by atoms with van der Waals surface area (Å²) in [7, 11) is 0. The summed E-state index contributed by atoms with van der Waals surface area (Å²) < 4.78 is 10.8. The smallest absolute Gasteiger partial charge is 0.341 e. The monoisotopic (exact) mass is 292 g/mol. The first-order valence-corrected chi connectivity index (χ1v) is 7.38. The van der Waals surface area contributed by atoms with Gasteiger partial charge >= 0.3 is 5.97 Å². The molecule has 0 radical (unpaired) electrons. The average molecular weight is 292 g/mol. The van der Waals surface area contributed by atoms with Crippen LogP contribution in [0, 0.1) is 0 Å². The first-order chi connectivity index (χ1) is 10.7. The van der Waals surface area contributed by atoms with Gasteiger partial charge in [-0.05, 0) is 40.1 Å². The van der Waals surface area contributed by atoms with Crippen molar-refractivity contribution in [3.05, 3.63) is 60.2 Å². The molecule has 0 aliphatic carbocycles. The van der Waals surface area contributed by atoms with Gasteiger partial charge in [0.2, 0.25) is 0 Å². The minimum Gasteiger partial charge on any atom is -0.460 e. The normalized spacial score (nSPS) is 20.9. The third kappa shape index (κ3) is 1.97. The lowest BCUT2D eigenvalue weighted by atomic mass is 9.97. The molecule has 1 atom stereocenters. The Morgan fingerprint density at radius 3 is 2.14 bits per heavy atom. The molecule has 0 aromatic heterocycles. The molecule has 1 unspecified atom stereocenters. The minimum atomic E-state index is -0.807. The van der Waals surface area contributed by atoms with Crippen molar-refractivity contribution in [3.63, 3.8) is 0 Å². The number of carbonyl (C=O) groups excluding carboxylic acids is 1. The van der Waals surface area contributed by atoms with Crippen LogP contribution in [-0.2, 0) is 20.9 Å². The van der Waals surface area contributed by atoms with Gasteiger partial charge in [0.1, 0.15) is 6.61 Å². The number of esters is 1. The second-order valence-electron chi connectivity index (χ2n) is 5.89. The first-order valence-electron chi connectivity index (χ1n) is 7.38. The van der Waals surface area contributed by atoms with E-state index in [0.717, 1.165) is 16.3 Å². The van der Waals surface area contributed by atoms with E-state index in [1.807, 2.05) is 24.3 Å². The van der Waals surface area contributed by atoms with Crippen LogP contribution in [0.4, 0.5) is 0 Å². The summed E-state index contributed by atoms with van der Waals surface area (Å²) in [5.74, 6) is -0.281. The van der Waals surface area contributed by atoms with Gasteiger partial charge in [0.15, 0.2) is 5.60 Å². The van der Waals surface area contributed by atoms with Crippen molar-refractivity contribution < 1.29 is 14.3 Å². The molecule has 110 valence electrons. The van der Waals surface area contributed by atoms with Gasteiger partial charge in [0.05, 0.1) is 6.61 Å². The maximum atomic E-state index is 11.6. The lowest BCUT2D eigenvalue weighted by molar-refractivity contribution is -0.213. The predicted octanol–water partition coefficient (Wildman–Crippen LogP) is 3.83. The first kappa shape index (κ1) is 13.3. The summed E-state index contributed by atoms with van der Waals surface area (Å²) in [5, 5.41) is 4.69. The van der Waals surface area contributed by atoms with Gasteiger partial charge in [-0.1, -0.05) is 48.5 Å². The van der Waals surface area contributed by atoms with Crippen LogP contribution in [0.1, 0.15) is 12.5 Å². The number of benzene rings is 3. The minimum absolute atomic E-state index is 0.281. The zero-order valence-electron chi connectivity index (χ0n) is 12.3. The third-order valence-corrected chi connectivity index (χ3v) is 4.33. The highest BCUT2D eigenvalue weighted by atomic mass is 16.6. The number of ether oxygens (including phenoxy) is 2. The summed E-state index contributed by atoms with van der Waals surface area (Å²) in [6, 6.07) is 18.7. The molecule has 0 N–H and O–H groups in total. The van der Waals surface area contributed by atoms with Crippen molar-refractivity contribution in [2.75, 3.05) is 6.61 Å². The molecule has 0 spiro atoms. The van der Waals surface area contributed by atoms with Crippen LogP contribution in [0.3, 0.4) is 0 Å². The Kier molecular flexibility index (Phi) is 2.91. The second kappa shape index (κ2) is 4.82. The van der Waals surface area contributed by atoms with E-state index >= 15 is 0 Å². The van der Waals surface area contributed by atoms with Gasteiger partial charge in [0, 0.05) is 0 Å². The lowest BCUT2D eigenvalue weighted by Crippen LogP contribution is -2.54. The third-order valence-electron chi connectivity index (χ3n) is 4.33. The quantitative estimate of drug-likeness (QED) is 0.544. The van der Waals surface area contributed by atoms with Gasteiger partial charge in [-0.2, -0.15) is 0 Å². The number of hydrogen-bond donors (Lipinski definition) is 0. The molecule has 1 aliphatic heterocycles. The summed E-state index contributed by atoms with van der Waals surface area (Å²) in [6.07, 6.45) is 0. The molecule has 4 rings (SSSR count). The summed E-state index contributed by atoms with van der Waals surface area (Å²) in [5.41, 5.74) is 0.313. The molecule has 0 bridgehead atoms. The average Bonchev–Trinajstić information content (AvgIpc) is 2.57. The Balaban J connectivity index is 1.84. The number of carbonyl (C=O) groups is 1. The molecule has 1 heterocycles. The summed E-state index contributed by atoms with van der Waals surface area (Å²) in [6.45, 7) is 2.51. The van der Waals surface area contributed by atoms with E-state index in [2.05, 4.69) is 30.3 Å². The lowest BCUT2D eigenvalue weighted by Gasteiger charge is -2.35. The molecule has 0 saturated carbocycles. The fourth-order valence-corrected chi connectivity index (χ4v) is 2.93. The molecule has 3 heteroatoms. The molecule has 1 saturated heterocycles. The molecule has 3 aromatic carbocycles. The Hall–Kier alpha value is -2.39. The number of cyclic esters (lactones) is 1. The highest BCUT2D eigenvalue weighted by molar-refractivity contribution is 6.02. The van der Waals surface area contributed by atoms with E-state index in [-0.39, 0.29) is 5.97 Å². The molecular formula is C19H16O3. The molecule has 3 aromatic rings. The SMILES string of the molecule is CC1(OCc2c3ccccc3cc3ccccc23)COC1=O. The summed E-state index contributed by atoms with van der Waals surface area (Å²) >= 11 is 0. The van der Waals surface area contributed by atoms with Crippen LogP contribution in [-0.4, -0.2) is 18.2 Å². The number of fused-ring (bicyclic) bond motifs is 2. The van der Waals surface area contributed by atoms with E-state index in [0.29, 0.717) is 13.2 Å². The fraction of sp³-hybridized carbons (Fsp3) is 0.211. The van der Waals surface area contributed by atoms with Crippen LogP contribution >= 0.6 is 0 Å². The Morgan fingerprint density at radius 2 is 1.64 bits per heavy atom. The molecular weight excluding hydrogens is 276 g/mol. The van der Waals surface area contributed by atoms with E-state index in [1.165, 1.54) is 10.8 Å². The predicted molar refractivity (Wildman–Crippen MR) is 85.6 cm³/mol. The molecule has 1 aliphatic rings. The van der Waals surface area contributed by atoms with Gasteiger partial charge in [-0.15, -0.1) is 0 Å². The van der Waals surface area contributed by atoms with E-state index < -0.39 is 5.60 Å². The van der Waals surface area contributed by atoms with Gasteiger partial charge in [-0.25, -0.2) is 4.79 Å².